The van der Waals surface area contributed by atoms with Crippen molar-refractivity contribution in [3.05, 3.63) is 11.3 Å². The fraction of sp³-hybridized carbons (Fsp3) is 0.800. The number of likely N-dealkylation sites (tertiary alicyclic amines) is 1. The summed E-state index contributed by atoms with van der Waals surface area (Å²) in [4.78, 5) is 26.6. The SMILES string of the molecule is CCCCCCCCCCN1C(=O)/C(=C(/C)O)C(=O)[C@H]1CC(C)C. The van der Waals surface area contributed by atoms with E-state index in [4.69, 9.17) is 0 Å². The van der Waals surface area contributed by atoms with Gasteiger partial charge in [0.1, 0.15) is 11.3 Å². The fourth-order valence-corrected chi connectivity index (χ4v) is 3.39. The number of aliphatic hydroxyl groups is 1. The third kappa shape index (κ3) is 5.95. The van der Waals surface area contributed by atoms with Crippen LogP contribution in [0.5, 0.6) is 0 Å². The Kier molecular flexibility index (Phi) is 9.09. The Morgan fingerprint density at radius 3 is 2.08 bits per heavy atom. The van der Waals surface area contributed by atoms with Gasteiger partial charge in [-0.3, -0.25) is 9.59 Å². The van der Waals surface area contributed by atoms with Crippen LogP contribution in [0.2, 0.25) is 0 Å². The summed E-state index contributed by atoms with van der Waals surface area (Å²) >= 11 is 0. The van der Waals surface area contributed by atoms with Gasteiger partial charge in [0.05, 0.1) is 6.04 Å². The lowest BCUT2D eigenvalue weighted by molar-refractivity contribution is -0.127. The van der Waals surface area contributed by atoms with Crippen LogP contribution in [-0.4, -0.2) is 34.3 Å². The summed E-state index contributed by atoms with van der Waals surface area (Å²) < 4.78 is 0. The molecule has 1 fully saturated rings. The number of hydrogen-bond acceptors (Lipinski definition) is 3. The van der Waals surface area contributed by atoms with E-state index in [2.05, 4.69) is 20.8 Å². The Hall–Kier alpha value is -1.32. The van der Waals surface area contributed by atoms with E-state index in [1.165, 1.54) is 45.4 Å². The molecule has 1 saturated heterocycles. The lowest BCUT2D eigenvalue weighted by Gasteiger charge is -2.24. The zero-order chi connectivity index (χ0) is 18.1. The first-order chi connectivity index (χ1) is 11.4. The zero-order valence-corrected chi connectivity index (χ0v) is 15.9. The average Bonchev–Trinajstić information content (AvgIpc) is 2.73. The number of Topliss-reactive ketones (excluding diaryl/α,β-unsaturated/α-hetero) is 1. The molecule has 0 unspecified atom stereocenters. The van der Waals surface area contributed by atoms with Gasteiger partial charge in [-0.25, -0.2) is 0 Å². The molecule has 0 aromatic heterocycles. The lowest BCUT2D eigenvalue weighted by atomic mass is 9.99. The maximum absolute atomic E-state index is 12.5. The number of ketones is 1. The molecule has 1 atom stereocenters. The highest BCUT2D eigenvalue weighted by Crippen LogP contribution is 2.27. The molecule has 0 aromatic rings. The van der Waals surface area contributed by atoms with Crippen LogP contribution in [-0.2, 0) is 9.59 Å². The van der Waals surface area contributed by atoms with Crippen molar-refractivity contribution in [1.82, 2.24) is 4.90 Å². The van der Waals surface area contributed by atoms with Crippen LogP contribution in [0.15, 0.2) is 11.3 Å². The molecule has 1 rings (SSSR count). The van der Waals surface area contributed by atoms with Gasteiger partial charge in [-0.05, 0) is 25.7 Å². The van der Waals surface area contributed by atoms with Gasteiger partial charge in [-0.15, -0.1) is 0 Å². The van der Waals surface area contributed by atoms with Crippen LogP contribution in [0.25, 0.3) is 0 Å². The van der Waals surface area contributed by atoms with E-state index in [-0.39, 0.29) is 29.1 Å². The molecule has 4 heteroatoms. The zero-order valence-electron chi connectivity index (χ0n) is 15.9. The molecule has 1 aliphatic heterocycles. The van der Waals surface area contributed by atoms with Crippen molar-refractivity contribution in [3.63, 3.8) is 0 Å². The molecule has 0 spiro atoms. The van der Waals surface area contributed by atoms with Crippen molar-refractivity contribution in [2.45, 2.75) is 91.5 Å². The molecule has 4 nitrogen and oxygen atoms in total. The number of hydrogen-bond donors (Lipinski definition) is 1. The first-order valence-electron chi connectivity index (χ1n) is 9.65. The van der Waals surface area contributed by atoms with Gasteiger partial charge in [0.15, 0.2) is 5.78 Å². The van der Waals surface area contributed by atoms with Gasteiger partial charge in [0, 0.05) is 6.54 Å². The van der Waals surface area contributed by atoms with Crippen molar-refractivity contribution < 1.29 is 14.7 Å². The molecule has 24 heavy (non-hydrogen) atoms. The molecule has 0 radical (unpaired) electrons. The minimum Gasteiger partial charge on any atom is -0.512 e. The summed E-state index contributed by atoms with van der Waals surface area (Å²) in [6.45, 7) is 8.38. The maximum atomic E-state index is 12.5. The molecule has 1 heterocycles. The van der Waals surface area contributed by atoms with Crippen molar-refractivity contribution in [2.24, 2.45) is 5.92 Å². The van der Waals surface area contributed by atoms with Gasteiger partial charge in [-0.1, -0.05) is 65.7 Å². The van der Waals surface area contributed by atoms with Crippen molar-refractivity contribution >= 4 is 11.7 Å². The standard InChI is InChI=1S/C20H35NO3/c1-5-6-7-8-9-10-11-12-13-21-17(14-15(2)3)19(23)18(16(4)22)20(21)24/h15,17,22H,5-14H2,1-4H3/b18-16-/t17-/m1/s1. The summed E-state index contributed by atoms with van der Waals surface area (Å²) in [6.07, 6.45) is 10.3. The second-order valence-corrected chi connectivity index (χ2v) is 7.44. The third-order valence-corrected chi connectivity index (χ3v) is 4.71. The number of unbranched alkanes of at least 4 members (excludes halogenated alkanes) is 7. The molecule has 138 valence electrons. The van der Waals surface area contributed by atoms with Crippen molar-refractivity contribution in [1.29, 1.82) is 0 Å². The summed E-state index contributed by atoms with van der Waals surface area (Å²) in [5.74, 6) is -0.287. The van der Waals surface area contributed by atoms with Gasteiger partial charge < -0.3 is 10.0 Å². The molecule has 0 bridgehead atoms. The summed E-state index contributed by atoms with van der Waals surface area (Å²) in [5, 5.41) is 9.69. The molecular formula is C20H35NO3. The van der Waals surface area contributed by atoms with Crippen molar-refractivity contribution in [3.8, 4) is 0 Å². The third-order valence-electron chi connectivity index (χ3n) is 4.71. The van der Waals surface area contributed by atoms with Crippen LogP contribution < -0.4 is 0 Å². The number of nitrogens with zero attached hydrogens (tertiary/aromatic N) is 1. The van der Waals surface area contributed by atoms with E-state index in [0.29, 0.717) is 18.9 Å². The van der Waals surface area contributed by atoms with E-state index in [1.807, 2.05) is 0 Å². The highest BCUT2D eigenvalue weighted by atomic mass is 16.3. The number of carbonyl (C=O) groups is 2. The monoisotopic (exact) mass is 337 g/mol. The Balaban J connectivity index is 2.50. The Bertz CT molecular complexity index is 450. The largest absolute Gasteiger partial charge is 0.512 e. The summed E-state index contributed by atoms with van der Waals surface area (Å²) in [5.41, 5.74) is 0.000200. The number of carbonyl (C=O) groups excluding carboxylic acids is 2. The van der Waals surface area contributed by atoms with Crippen LogP contribution in [0.3, 0.4) is 0 Å². The number of rotatable bonds is 11. The van der Waals surface area contributed by atoms with Gasteiger partial charge >= 0.3 is 0 Å². The van der Waals surface area contributed by atoms with Gasteiger partial charge in [-0.2, -0.15) is 0 Å². The summed E-state index contributed by atoms with van der Waals surface area (Å²) in [6, 6.07) is -0.390. The van der Waals surface area contributed by atoms with Gasteiger partial charge in [0.2, 0.25) is 0 Å². The van der Waals surface area contributed by atoms with Crippen LogP contribution >= 0.6 is 0 Å². The summed E-state index contributed by atoms with van der Waals surface area (Å²) in [7, 11) is 0. The predicted molar refractivity (Wildman–Crippen MR) is 97.9 cm³/mol. The second-order valence-electron chi connectivity index (χ2n) is 7.44. The fourth-order valence-electron chi connectivity index (χ4n) is 3.39. The molecule has 1 aliphatic rings. The molecule has 1 N–H and O–H groups in total. The highest BCUT2D eigenvalue weighted by molar-refractivity contribution is 6.26. The topological polar surface area (TPSA) is 57.6 Å². The first kappa shape index (κ1) is 20.7. The molecular weight excluding hydrogens is 302 g/mol. The molecule has 0 saturated carbocycles. The number of allylic oxidation sites excluding steroid dienone is 1. The minimum atomic E-state index is -0.390. The normalized spacial score (nSPS) is 20.4. The van der Waals surface area contributed by atoms with E-state index >= 15 is 0 Å². The predicted octanol–water partition coefficient (Wildman–Crippen LogP) is 4.79. The smallest absolute Gasteiger partial charge is 0.261 e. The van der Waals surface area contributed by atoms with Crippen LogP contribution in [0.4, 0.5) is 0 Å². The average molecular weight is 338 g/mol. The second kappa shape index (κ2) is 10.5. The lowest BCUT2D eigenvalue weighted by Crippen LogP contribution is -2.37. The molecule has 1 amide bonds. The Morgan fingerprint density at radius 1 is 1.04 bits per heavy atom. The molecule has 0 aliphatic carbocycles. The van der Waals surface area contributed by atoms with Crippen LogP contribution in [0, 0.1) is 5.92 Å². The quantitative estimate of drug-likeness (QED) is 0.255. The van der Waals surface area contributed by atoms with Crippen molar-refractivity contribution in [2.75, 3.05) is 6.54 Å². The van der Waals surface area contributed by atoms with E-state index in [9.17, 15) is 14.7 Å². The van der Waals surface area contributed by atoms with E-state index in [1.54, 1.807) is 4.90 Å². The minimum absolute atomic E-state index is 0.000200. The van der Waals surface area contributed by atoms with Gasteiger partial charge in [0.25, 0.3) is 5.91 Å². The Morgan fingerprint density at radius 2 is 1.58 bits per heavy atom. The number of aliphatic hydroxyl groups excluding tert-OH is 1. The van der Waals surface area contributed by atoms with Crippen LogP contribution in [0.1, 0.15) is 85.5 Å². The van der Waals surface area contributed by atoms with E-state index in [0.717, 1.165) is 12.8 Å². The Labute approximate surface area is 147 Å². The highest BCUT2D eigenvalue weighted by Gasteiger charge is 2.44. The van der Waals surface area contributed by atoms with E-state index < -0.39 is 0 Å². The maximum Gasteiger partial charge on any atom is 0.261 e. The number of amides is 1. The molecule has 0 aromatic carbocycles. The first-order valence-corrected chi connectivity index (χ1v) is 9.65.